The molecule has 0 aliphatic heterocycles. The molecule has 3 aromatic rings. The Morgan fingerprint density at radius 3 is 1.10 bits per heavy atom. The van der Waals surface area contributed by atoms with Crippen LogP contribution in [0.15, 0.2) is 84.9 Å². The summed E-state index contributed by atoms with van der Waals surface area (Å²) in [6, 6.07) is 30.0. The Labute approximate surface area is 119 Å². The number of fused-ring (bicyclic) bond motifs is 1. The van der Waals surface area contributed by atoms with Gasteiger partial charge in [-0.3, -0.25) is 0 Å². The van der Waals surface area contributed by atoms with Crippen LogP contribution in [0.4, 0.5) is 0 Å². The lowest BCUT2D eigenvalue weighted by Crippen LogP contribution is -2.08. The van der Waals surface area contributed by atoms with E-state index in [2.05, 4.69) is 84.9 Å². The molecule has 0 bridgehead atoms. The van der Waals surface area contributed by atoms with E-state index in [1.54, 1.807) is 0 Å². The standard InChI is InChI=1S/C20H14/c1-3-9-15(10-4-1)19-17-13-7-8-14-18(17)20(19)16-11-5-2-6-12-16/h1-14H. The highest BCUT2D eigenvalue weighted by Crippen LogP contribution is 2.47. The van der Waals surface area contributed by atoms with Gasteiger partial charge in [0.1, 0.15) is 0 Å². The topological polar surface area (TPSA) is 0 Å². The Morgan fingerprint density at radius 1 is 0.350 bits per heavy atom. The minimum atomic E-state index is 1.30. The number of rotatable bonds is 2. The van der Waals surface area contributed by atoms with E-state index in [-0.39, 0.29) is 0 Å². The van der Waals surface area contributed by atoms with Crippen LogP contribution < -0.4 is 0 Å². The molecule has 0 aromatic heterocycles. The van der Waals surface area contributed by atoms with Gasteiger partial charge in [-0.15, -0.1) is 0 Å². The molecule has 0 saturated carbocycles. The highest BCUT2D eigenvalue weighted by Gasteiger charge is 2.26. The second-order valence-electron chi connectivity index (χ2n) is 5.03. The second kappa shape index (κ2) is 4.50. The lowest BCUT2D eigenvalue weighted by molar-refractivity contribution is 1.42. The molecule has 4 rings (SSSR count). The molecular weight excluding hydrogens is 240 g/mol. The zero-order valence-corrected chi connectivity index (χ0v) is 11.1. The largest absolute Gasteiger partial charge is 0.0622 e. The third-order valence-corrected chi connectivity index (χ3v) is 3.84. The Kier molecular flexibility index (Phi) is 2.53. The fraction of sp³-hybridized carbons (Fsp3) is 0. The highest BCUT2D eigenvalue weighted by atomic mass is 14.3. The molecule has 0 N–H and O–H groups in total. The predicted molar refractivity (Wildman–Crippen MR) is 84.3 cm³/mol. The van der Waals surface area contributed by atoms with Crippen molar-refractivity contribution in [3.63, 3.8) is 0 Å². The van der Waals surface area contributed by atoms with E-state index in [0.29, 0.717) is 0 Å². The van der Waals surface area contributed by atoms with Crippen molar-refractivity contribution in [1.82, 2.24) is 0 Å². The average Bonchev–Trinajstić information content (AvgIpc) is 2.51. The Morgan fingerprint density at radius 2 is 0.700 bits per heavy atom. The zero-order valence-electron chi connectivity index (χ0n) is 11.1. The normalized spacial score (nSPS) is 12.8. The van der Waals surface area contributed by atoms with Gasteiger partial charge >= 0.3 is 0 Å². The van der Waals surface area contributed by atoms with Crippen LogP contribution in [0.3, 0.4) is 0 Å². The van der Waals surface area contributed by atoms with Gasteiger partial charge in [0.25, 0.3) is 0 Å². The van der Waals surface area contributed by atoms with E-state index in [4.69, 9.17) is 0 Å². The number of hydrogen-bond donors (Lipinski definition) is 0. The molecule has 94 valence electrons. The van der Waals surface area contributed by atoms with Gasteiger partial charge < -0.3 is 0 Å². The third-order valence-electron chi connectivity index (χ3n) is 3.84. The van der Waals surface area contributed by atoms with Gasteiger partial charge in [0.2, 0.25) is 0 Å². The van der Waals surface area contributed by atoms with Gasteiger partial charge in [-0.2, -0.15) is 0 Å². The fourth-order valence-corrected chi connectivity index (χ4v) is 2.94. The summed E-state index contributed by atoms with van der Waals surface area (Å²) in [4.78, 5) is 0. The molecule has 0 unspecified atom stereocenters. The van der Waals surface area contributed by atoms with E-state index in [1.807, 2.05) is 0 Å². The highest BCUT2D eigenvalue weighted by molar-refractivity contribution is 6.14. The summed E-state index contributed by atoms with van der Waals surface area (Å²) >= 11 is 0. The second-order valence-corrected chi connectivity index (χ2v) is 5.03. The summed E-state index contributed by atoms with van der Waals surface area (Å²) in [5.41, 5.74) is 8.05. The van der Waals surface area contributed by atoms with Gasteiger partial charge in [-0.25, -0.2) is 0 Å². The summed E-state index contributed by atoms with van der Waals surface area (Å²) in [6.45, 7) is 0. The third kappa shape index (κ3) is 1.62. The van der Waals surface area contributed by atoms with Crippen LogP contribution in [0, 0.1) is 0 Å². The Bertz CT molecular complexity index is 712. The molecule has 3 aromatic carbocycles. The molecule has 1 aliphatic rings. The first-order chi connectivity index (χ1) is 9.95. The van der Waals surface area contributed by atoms with Crippen molar-refractivity contribution in [2.75, 3.05) is 0 Å². The molecule has 20 heavy (non-hydrogen) atoms. The molecule has 0 heteroatoms. The van der Waals surface area contributed by atoms with E-state index < -0.39 is 0 Å². The zero-order chi connectivity index (χ0) is 13.4. The summed E-state index contributed by atoms with van der Waals surface area (Å²) in [6.07, 6.45) is 0. The van der Waals surface area contributed by atoms with Crippen molar-refractivity contribution in [2.45, 2.75) is 0 Å². The van der Waals surface area contributed by atoms with E-state index in [1.165, 1.54) is 33.4 Å². The molecule has 0 atom stereocenters. The van der Waals surface area contributed by atoms with Crippen LogP contribution in [-0.2, 0) is 0 Å². The maximum absolute atomic E-state index is 2.21. The lowest BCUT2D eigenvalue weighted by Gasteiger charge is -2.28. The molecule has 0 heterocycles. The Balaban J connectivity index is 1.96. The van der Waals surface area contributed by atoms with Crippen molar-refractivity contribution in [3.8, 4) is 0 Å². The SMILES string of the molecule is c1ccc(C2=C(c3ccccc3)c3ccccc32)cc1. The van der Waals surface area contributed by atoms with Crippen LogP contribution in [0.1, 0.15) is 22.3 Å². The number of benzene rings is 3. The van der Waals surface area contributed by atoms with Crippen molar-refractivity contribution >= 4 is 11.1 Å². The van der Waals surface area contributed by atoms with Crippen LogP contribution >= 0.6 is 0 Å². The van der Waals surface area contributed by atoms with Crippen LogP contribution in [0.5, 0.6) is 0 Å². The van der Waals surface area contributed by atoms with Gasteiger partial charge in [0, 0.05) is 0 Å². The van der Waals surface area contributed by atoms with Crippen molar-refractivity contribution < 1.29 is 0 Å². The molecule has 1 aliphatic carbocycles. The fourth-order valence-electron chi connectivity index (χ4n) is 2.94. The van der Waals surface area contributed by atoms with E-state index in [9.17, 15) is 0 Å². The summed E-state index contributed by atoms with van der Waals surface area (Å²) < 4.78 is 0. The van der Waals surface area contributed by atoms with Gasteiger partial charge in [0.15, 0.2) is 0 Å². The molecular formula is C20H14. The lowest BCUT2D eigenvalue weighted by atomic mass is 9.74. The first-order valence-electron chi connectivity index (χ1n) is 6.90. The number of hydrogen-bond acceptors (Lipinski definition) is 0. The van der Waals surface area contributed by atoms with Crippen LogP contribution in [0.25, 0.3) is 11.1 Å². The molecule has 0 amide bonds. The van der Waals surface area contributed by atoms with E-state index >= 15 is 0 Å². The average molecular weight is 254 g/mol. The van der Waals surface area contributed by atoms with Crippen molar-refractivity contribution in [3.05, 3.63) is 107 Å². The van der Waals surface area contributed by atoms with E-state index in [0.717, 1.165) is 0 Å². The Hall–Kier alpha value is -2.60. The van der Waals surface area contributed by atoms with Gasteiger partial charge in [-0.05, 0) is 33.4 Å². The monoisotopic (exact) mass is 254 g/mol. The smallest absolute Gasteiger partial charge is 0.00203 e. The van der Waals surface area contributed by atoms with Gasteiger partial charge in [-0.1, -0.05) is 84.9 Å². The van der Waals surface area contributed by atoms with Gasteiger partial charge in [0.05, 0.1) is 0 Å². The minimum Gasteiger partial charge on any atom is -0.0622 e. The summed E-state index contributed by atoms with van der Waals surface area (Å²) in [5.74, 6) is 0. The summed E-state index contributed by atoms with van der Waals surface area (Å²) in [5, 5.41) is 0. The molecule has 0 fully saturated rings. The summed E-state index contributed by atoms with van der Waals surface area (Å²) in [7, 11) is 0. The van der Waals surface area contributed by atoms with Crippen LogP contribution in [0.2, 0.25) is 0 Å². The first-order valence-corrected chi connectivity index (χ1v) is 6.90. The van der Waals surface area contributed by atoms with Crippen molar-refractivity contribution in [1.29, 1.82) is 0 Å². The molecule has 0 radical (unpaired) electrons. The predicted octanol–water partition coefficient (Wildman–Crippen LogP) is 5.01. The maximum Gasteiger partial charge on any atom is -0.00203 e. The quantitative estimate of drug-likeness (QED) is 0.472. The van der Waals surface area contributed by atoms with Crippen LogP contribution in [-0.4, -0.2) is 0 Å². The molecule has 0 saturated heterocycles. The maximum atomic E-state index is 2.21. The molecule has 0 spiro atoms. The van der Waals surface area contributed by atoms with Crippen molar-refractivity contribution in [2.24, 2.45) is 0 Å². The first kappa shape index (κ1) is 11.2. The minimum absolute atomic E-state index is 1.30. The molecule has 0 nitrogen and oxygen atoms in total.